The molecule has 0 amide bonds. The van der Waals surface area contributed by atoms with Crippen molar-refractivity contribution in [1.82, 2.24) is 0 Å². The van der Waals surface area contributed by atoms with Gasteiger partial charge in [-0.1, -0.05) is 13.0 Å². The molecule has 0 spiro atoms. The molecule has 0 saturated carbocycles. The lowest BCUT2D eigenvalue weighted by Crippen LogP contribution is -2.41. The van der Waals surface area contributed by atoms with E-state index in [0.29, 0.717) is 12.2 Å². The highest BCUT2D eigenvalue weighted by Gasteiger charge is 2.49. The molecule has 4 nitrogen and oxygen atoms in total. The Hall–Kier alpha value is -2.10. The summed E-state index contributed by atoms with van der Waals surface area (Å²) in [4.78, 5) is 23.5. The van der Waals surface area contributed by atoms with Gasteiger partial charge in [-0.05, 0) is 66.7 Å². The molecule has 1 aromatic carbocycles. The van der Waals surface area contributed by atoms with Crippen LogP contribution in [0.4, 0.5) is 0 Å². The molecule has 0 saturated heterocycles. The van der Waals surface area contributed by atoms with Gasteiger partial charge in [0, 0.05) is 5.57 Å². The van der Waals surface area contributed by atoms with E-state index in [4.69, 9.17) is 4.74 Å². The van der Waals surface area contributed by atoms with Gasteiger partial charge in [0.1, 0.15) is 12.4 Å². The van der Waals surface area contributed by atoms with Gasteiger partial charge in [-0.15, -0.1) is 0 Å². The highest BCUT2D eigenvalue weighted by molar-refractivity contribution is 5.97. The summed E-state index contributed by atoms with van der Waals surface area (Å²) in [6.45, 7) is 4.12. The van der Waals surface area contributed by atoms with Crippen LogP contribution >= 0.6 is 0 Å². The molecule has 3 aliphatic rings. The summed E-state index contributed by atoms with van der Waals surface area (Å²) in [5.74, 6) is 0.171. The van der Waals surface area contributed by atoms with Crippen molar-refractivity contribution >= 4 is 11.8 Å². The molecule has 2 aliphatic carbocycles. The number of carbonyl (C=O) groups excluding carboxylic acids is 2. The second-order valence-corrected chi connectivity index (χ2v) is 7.13. The number of cyclic esters (lactones) is 1. The molecule has 4 rings (SSSR count). The van der Waals surface area contributed by atoms with Crippen LogP contribution < -0.4 is 0 Å². The Morgan fingerprint density at radius 1 is 1.35 bits per heavy atom. The minimum atomic E-state index is -0.150. The summed E-state index contributed by atoms with van der Waals surface area (Å²) < 4.78 is 5.25. The zero-order valence-electron chi connectivity index (χ0n) is 13.4. The highest BCUT2D eigenvalue weighted by atomic mass is 16.5. The molecule has 1 N–H and O–H groups in total. The number of aromatic hydroxyl groups is 1. The third-order valence-corrected chi connectivity index (χ3v) is 6.04. The van der Waals surface area contributed by atoms with Crippen molar-refractivity contribution in [1.29, 1.82) is 0 Å². The van der Waals surface area contributed by atoms with Gasteiger partial charge in [0.15, 0.2) is 5.78 Å². The number of carbonyl (C=O) groups is 2. The monoisotopic (exact) mass is 312 g/mol. The summed E-state index contributed by atoms with van der Waals surface area (Å²) in [5.41, 5.74) is 4.37. The molecule has 0 aromatic heterocycles. The van der Waals surface area contributed by atoms with Crippen LogP contribution in [0.15, 0.2) is 23.3 Å². The molecule has 0 bridgehead atoms. The van der Waals surface area contributed by atoms with Gasteiger partial charge in [-0.25, -0.2) is 4.79 Å². The number of benzene rings is 1. The number of hydrogen-bond acceptors (Lipinski definition) is 4. The van der Waals surface area contributed by atoms with Crippen molar-refractivity contribution in [2.45, 2.75) is 44.9 Å². The molecular weight excluding hydrogens is 292 g/mol. The quantitative estimate of drug-likeness (QED) is 0.639. The van der Waals surface area contributed by atoms with E-state index in [0.717, 1.165) is 48.0 Å². The van der Waals surface area contributed by atoms with E-state index in [-0.39, 0.29) is 28.8 Å². The third-order valence-electron chi connectivity index (χ3n) is 6.04. The first-order valence-corrected chi connectivity index (χ1v) is 8.19. The fraction of sp³-hybridized carbons (Fsp3) is 0.474. The number of Topliss-reactive ketones (excluding diaryl/α,β-unsaturated/α-hetero) is 1. The Balaban J connectivity index is 1.85. The minimum Gasteiger partial charge on any atom is -0.507 e. The second kappa shape index (κ2) is 4.70. The number of ketones is 1. The SMILES string of the molecule is CC(=O)c1ccc2c(c1O)CCC1C3=C(CCC21C)C(=O)OC3. The molecule has 1 aliphatic heterocycles. The maximum atomic E-state index is 11.8. The van der Waals surface area contributed by atoms with Crippen LogP contribution in [-0.4, -0.2) is 23.5 Å². The largest absolute Gasteiger partial charge is 0.507 e. The molecule has 0 radical (unpaired) electrons. The van der Waals surface area contributed by atoms with Gasteiger partial charge in [0.2, 0.25) is 0 Å². The Kier molecular flexibility index (Phi) is 2.96. The Morgan fingerprint density at radius 3 is 2.87 bits per heavy atom. The molecule has 120 valence electrons. The summed E-state index contributed by atoms with van der Waals surface area (Å²) >= 11 is 0. The average Bonchev–Trinajstić information content (AvgIpc) is 2.88. The molecule has 2 atom stereocenters. The van der Waals surface area contributed by atoms with Crippen molar-refractivity contribution < 1.29 is 19.4 Å². The lowest BCUT2D eigenvalue weighted by atomic mass is 9.56. The first kappa shape index (κ1) is 14.5. The smallest absolute Gasteiger partial charge is 0.334 e. The fourth-order valence-corrected chi connectivity index (χ4v) is 4.78. The molecule has 1 aromatic rings. The Bertz CT molecular complexity index is 774. The zero-order chi connectivity index (χ0) is 16.4. The van der Waals surface area contributed by atoms with Crippen LogP contribution in [-0.2, 0) is 21.4 Å². The lowest BCUT2D eigenvalue weighted by Gasteiger charge is -2.46. The summed E-state index contributed by atoms with van der Waals surface area (Å²) in [5, 5.41) is 10.5. The first-order chi connectivity index (χ1) is 10.9. The van der Waals surface area contributed by atoms with Crippen molar-refractivity contribution in [3.63, 3.8) is 0 Å². The van der Waals surface area contributed by atoms with Crippen molar-refractivity contribution in [2.24, 2.45) is 5.92 Å². The van der Waals surface area contributed by atoms with E-state index < -0.39 is 0 Å². The number of phenols is 1. The van der Waals surface area contributed by atoms with E-state index in [1.165, 1.54) is 6.92 Å². The van der Waals surface area contributed by atoms with Gasteiger partial charge in [-0.3, -0.25) is 4.79 Å². The highest BCUT2D eigenvalue weighted by Crippen LogP contribution is 2.54. The summed E-state index contributed by atoms with van der Waals surface area (Å²) in [6.07, 6.45) is 3.22. The van der Waals surface area contributed by atoms with Gasteiger partial charge in [0.05, 0.1) is 5.56 Å². The van der Waals surface area contributed by atoms with Crippen LogP contribution in [0.2, 0.25) is 0 Å². The van der Waals surface area contributed by atoms with Crippen LogP contribution in [0.25, 0.3) is 0 Å². The van der Waals surface area contributed by atoms with E-state index in [2.05, 4.69) is 6.92 Å². The molecular formula is C19H20O4. The van der Waals surface area contributed by atoms with Gasteiger partial charge in [-0.2, -0.15) is 0 Å². The maximum absolute atomic E-state index is 11.8. The van der Waals surface area contributed by atoms with Crippen LogP contribution in [0.3, 0.4) is 0 Å². The standard InChI is InChI=1S/C19H20O4/c1-10(20)11-3-5-15-13(17(11)21)4-6-16-14-9-23-18(22)12(14)7-8-19(15,16)2/h3,5,16,21H,4,6-9H2,1-2H3. The molecule has 4 heteroatoms. The van der Waals surface area contributed by atoms with E-state index in [1.54, 1.807) is 6.07 Å². The topological polar surface area (TPSA) is 63.6 Å². The number of hydrogen-bond donors (Lipinski definition) is 1. The molecule has 1 heterocycles. The van der Waals surface area contributed by atoms with Crippen molar-refractivity contribution in [3.8, 4) is 5.75 Å². The molecule has 2 unspecified atom stereocenters. The zero-order valence-corrected chi connectivity index (χ0v) is 13.4. The average molecular weight is 312 g/mol. The van der Waals surface area contributed by atoms with E-state index in [1.807, 2.05) is 6.07 Å². The molecule has 23 heavy (non-hydrogen) atoms. The third kappa shape index (κ3) is 1.84. The van der Waals surface area contributed by atoms with Crippen molar-refractivity contribution in [2.75, 3.05) is 6.61 Å². The maximum Gasteiger partial charge on any atom is 0.334 e. The predicted octanol–water partition coefficient (Wildman–Crippen LogP) is 3.06. The van der Waals surface area contributed by atoms with Gasteiger partial charge < -0.3 is 9.84 Å². The first-order valence-electron chi connectivity index (χ1n) is 8.19. The van der Waals surface area contributed by atoms with Crippen LogP contribution in [0, 0.1) is 5.92 Å². The number of rotatable bonds is 1. The summed E-state index contributed by atoms with van der Waals surface area (Å²) in [7, 11) is 0. The lowest BCUT2D eigenvalue weighted by molar-refractivity contribution is -0.136. The van der Waals surface area contributed by atoms with Crippen LogP contribution in [0.5, 0.6) is 5.75 Å². The minimum absolute atomic E-state index is 0.104. The number of fused-ring (bicyclic) bond motifs is 4. The number of esters is 1. The second-order valence-electron chi connectivity index (χ2n) is 7.13. The Morgan fingerprint density at radius 2 is 2.13 bits per heavy atom. The van der Waals surface area contributed by atoms with Crippen molar-refractivity contribution in [3.05, 3.63) is 40.0 Å². The van der Waals surface area contributed by atoms with E-state index in [9.17, 15) is 14.7 Å². The normalized spacial score (nSPS) is 28.8. The summed E-state index contributed by atoms with van der Waals surface area (Å²) in [6, 6.07) is 3.74. The predicted molar refractivity (Wildman–Crippen MR) is 84.5 cm³/mol. The number of ether oxygens (including phenoxy) is 1. The van der Waals surface area contributed by atoms with Crippen LogP contribution in [0.1, 0.15) is 54.6 Å². The number of phenolic OH excluding ortho intramolecular Hbond substituents is 1. The van der Waals surface area contributed by atoms with Gasteiger partial charge >= 0.3 is 5.97 Å². The van der Waals surface area contributed by atoms with Gasteiger partial charge in [0.25, 0.3) is 0 Å². The fourth-order valence-electron chi connectivity index (χ4n) is 4.78. The Labute approximate surface area is 135 Å². The molecule has 0 fully saturated rings. The van der Waals surface area contributed by atoms with E-state index >= 15 is 0 Å².